The molecule has 0 unspecified atom stereocenters. The zero-order valence-corrected chi connectivity index (χ0v) is 15.8. The molecule has 5 rings (SSSR count). The lowest BCUT2D eigenvalue weighted by atomic mass is 9.95. The van der Waals surface area contributed by atoms with Gasteiger partial charge in [0.05, 0.1) is 6.04 Å². The van der Waals surface area contributed by atoms with E-state index >= 15 is 0 Å². The van der Waals surface area contributed by atoms with E-state index in [1.54, 1.807) is 0 Å². The van der Waals surface area contributed by atoms with Crippen LogP contribution in [0.4, 0.5) is 5.69 Å². The van der Waals surface area contributed by atoms with Crippen LogP contribution in [0.5, 0.6) is 0 Å². The van der Waals surface area contributed by atoms with E-state index in [1.807, 2.05) is 33.8 Å². The van der Waals surface area contributed by atoms with Gasteiger partial charge in [-0.25, -0.2) is 4.68 Å². The van der Waals surface area contributed by atoms with Gasteiger partial charge in [0, 0.05) is 36.2 Å². The highest BCUT2D eigenvalue weighted by atomic mass is 16.2. The fourth-order valence-electron chi connectivity index (χ4n) is 3.85. The largest absolute Gasteiger partial charge is 0.342 e. The molecule has 2 aromatic rings. The van der Waals surface area contributed by atoms with Crippen LogP contribution in [0.25, 0.3) is 11.4 Å². The van der Waals surface area contributed by atoms with Gasteiger partial charge in [0.15, 0.2) is 5.82 Å². The Hall–Kier alpha value is -2.77. The van der Waals surface area contributed by atoms with Crippen LogP contribution in [0.1, 0.15) is 44.6 Å². The number of carbonyl (C=O) groups excluding carboxylic acids is 2. The van der Waals surface area contributed by atoms with Gasteiger partial charge in [-0.3, -0.25) is 9.59 Å². The number of anilines is 1. The Morgan fingerprint density at radius 1 is 0.929 bits per heavy atom. The first kappa shape index (κ1) is 17.3. The minimum absolute atomic E-state index is 0.0362. The van der Waals surface area contributed by atoms with Crippen LogP contribution in [0.2, 0.25) is 0 Å². The normalized spacial score (nSPS) is 20.2. The number of piperidine rings is 1. The van der Waals surface area contributed by atoms with Crippen LogP contribution in [0.3, 0.4) is 0 Å². The molecule has 1 aliphatic heterocycles. The van der Waals surface area contributed by atoms with Gasteiger partial charge in [0.2, 0.25) is 11.8 Å². The molecule has 2 heterocycles. The number of hydrogen-bond donors (Lipinski definition) is 1. The molecule has 1 saturated heterocycles. The number of hydrogen-bond acceptors (Lipinski definition) is 5. The van der Waals surface area contributed by atoms with E-state index in [0.717, 1.165) is 55.6 Å². The number of aromatic nitrogens is 4. The van der Waals surface area contributed by atoms with E-state index < -0.39 is 0 Å². The van der Waals surface area contributed by atoms with Crippen molar-refractivity contribution in [1.82, 2.24) is 25.1 Å². The molecule has 0 bridgehead atoms. The molecule has 8 heteroatoms. The second-order valence-corrected chi connectivity index (χ2v) is 8.12. The number of rotatable bonds is 5. The summed E-state index contributed by atoms with van der Waals surface area (Å²) in [7, 11) is 0. The number of nitrogens with zero attached hydrogens (tertiary/aromatic N) is 5. The first-order chi connectivity index (χ1) is 13.7. The van der Waals surface area contributed by atoms with E-state index in [2.05, 4.69) is 20.8 Å². The fourth-order valence-corrected chi connectivity index (χ4v) is 3.85. The quantitative estimate of drug-likeness (QED) is 0.859. The van der Waals surface area contributed by atoms with Crippen LogP contribution in [-0.4, -0.2) is 50.0 Å². The summed E-state index contributed by atoms with van der Waals surface area (Å²) in [5.74, 6) is 1.31. The molecule has 1 aromatic heterocycles. The second kappa shape index (κ2) is 7.00. The number of nitrogens with one attached hydrogen (secondary N) is 1. The molecular weight excluding hydrogens is 356 g/mol. The maximum absolute atomic E-state index is 12.6. The van der Waals surface area contributed by atoms with Gasteiger partial charge in [-0.2, -0.15) is 0 Å². The first-order valence-electron chi connectivity index (χ1n) is 10.2. The number of benzene rings is 1. The number of tetrazole rings is 1. The van der Waals surface area contributed by atoms with Crippen LogP contribution < -0.4 is 5.32 Å². The predicted molar refractivity (Wildman–Crippen MR) is 102 cm³/mol. The van der Waals surface area contributed by atoms with Crippen molar-refractivity contribution in [3.63, 3.8) is 0 Å². The average Bonchev–Trinajstić information content (AvgIpc) is 3.67. The Labute approximate surface area is 163 Å². The Balaban J connectivity index is 1.18. The third-order valence-electron chi connectivity index (χ3n) is 5.90. The van der Waals surface area contributed by atoms with Crippen molar-refractivity contribution in [1.29, 1.82) is 0 Å². The van der Waals surface area contributed by atoms with Crippen molar-refractivity contribution in [3.05, 3.63) is 24.3 Å². The van der Waals surface area contributed by atoms with E-state index in [9.17, 15) is 9.59 Å². The number of amides is 2. The lowest BCUT2D eigenvalue weighted by Gasteiger charge is -2.31. The number of carbonyl (C=O) groups is 2. The first-order valence-corrected chi connectivity index (χ1v) is 10.2. The van der Waals surface area contributed by atoms with Gasteiger partial charge in [0.1, 0.15) is 0 Å². The lowest BCUT2D eigenvalue weighted by Crippen LogP contribution is -2.42. The third-order valence-corrected chi connectivity index (χ3v) is 5.90. The van der Waals surface area contributed by atoms with Gasteiger partial charge in [-0.15, -0.1) is 5.10 Å². The summed E-state index contributed by atoms with van der Waals surface area (Å²) in [6, 6.07) is 8.09. The average molecular weight is 380 g/mol. The Kier molecular flexibility index (Phi) is 4.33. The Morgan fingerprint density at radius 3 is 2.29 bits per heavy atom. The molecular formula is C20H24N6O2. The zero-order valence-electron chi connectivity index (χ0n) is 15.8. The summed E-state index contributed by atoms with van der Waals surface area (Å²) in [4.78, 5) is 26.7. The molecule has 3 aliphatic rings. The molecule has 0 spiro atoms. The van der Waals surface area contributed by atoms with E-state index in [1.165, 1.54) is 0 Å². The predicted octanol–water partition coefficient (Wildman–Crippen LogP) is 2.26. The molecule has 1 aromatic carbocycles. The van der Waals surface area contributed by atoms with Gasteiger partial charge >= 0.3 is 0 Å². The van der Waals surface area contributed by atoms with Crippen LogP contribution in [-0.2, 0) is 9.59 Å². The van der Waals surface area contributed by atoms with E-state index in [0.29, 0.717) is 19.1 Å². The lowest BCUT2D eigenvalue weighted by molar-refractivity contribution is -0.135. The molecule has 146 valence electrons. The topological polar surface area (TPSA) is 93.0 Å². The van der Waals surface area contributed by atoms with Gasteiger partial charge < -0.3 is 10.2 Å². The third kappa shape index (κ3) is 3.50. The minimum Gasteiger partial charge on any atom is -0.342 e. The highest BCUT2D eigenvalue weighted by Crippen LogP contribution is 2.36. The van der Waals surface area contributed by atoms with E-state index in [4.69, 9.17) is 0 Å². The van der Waals surface area contributed by atoms with E-state index in [-0.39, 0.29) is 23.7 Å². The molecule has 2 amide bonds. The molecule has 28 heavy (non-hydrogen) atoms. The van der Waals surface area contributed by atoms with Crippen molar-refractivity contribution >= 4 is 17.5 Å². The Bertz CT molecular complexity index is 876. The Morgan fingerprint density at radius 2 is 1.64 bits per heavy atom. The summed E-state index contributed by atoms with van der Waals surface area (Å²) < 4.78 is 1.88. The summed E-state index contributed by atoms with van der Waals surface area (Å²) in [6.07, 6.45) is 5.77. The summed E-state index contributed by atoms with van der Waals surface area (Å²) in [5.41, 5.74) is 1.72. The molecule has 0 atom stereocenters. The summed E-state index contributed by atoms with van der Waals surface area (Å²) in [5, 5.41) is 15.0. The molecule has 3 fully saturated rings. The molecule has 2 saturated carbocycles. The SMILES string of the molecule is O=C(Nc1ccc(-c2nnnn2C2CC2)cc1)C1CCN(C(=O)C2CC2)CC1. The maximum atomic E-state index is 12.6. The van der Waals surface area contributed by atoms with Crippen molar-refractivity contribution in [3.8, 4) is 11.4 Å². The summed E-state index contributed by atoms with van der Waals surface area (Å²) in [6.45, 7) is 1.38. The standard InChI is InChI=1S/C20H24N6O2/c27-19(14-9-11-25(12-10-14)20(28)15-1-2-15)21-16-5-3-13(4-6-16)18-22-23-24-26(18)17-7-8-17/h3-6,14-15,17H,1-2,7-12H2,(H,21,27). The highest BCUT2D eigenvalue weighted by Gasteiger charge is 2.36. The maximum Gasteiger partial charge on any atom is 0.227 e. The van der Waals surface area contributed by atoms with Crippen LogP contribution in [0.15, 0.2) is 24.3 Å². The second-order valence-electron chi connectivity index (χ2n) is 8.12. The highest BCUT2D eigenvalue weighted by molar-refractivity contribution is 5.93. The van der Waals surface area contributed by atoms with Gasteiger partial charge in [0.25, 0.3) is 0 Å². The van der Waals surface area contributed by atoms with Gasteiger partial charge in [-0.1, -0.05) is 0 Å². The molecule has 2 aliphatic carbocycles. The smallest absolute Gasteiger partial charge is 0.227 e. The van der Waals surface area contributed by atoms with Crippen molar-refractivity contribution in [2.75, 3.05) is 18.4 Å². The zero-order chi connectivity index (χ0) is 19.1. The summed E-state index contributed by atoms with van der Waals surface area (Å²) >= 11 is 0. The van der Waals surface area contributed by atoms with Crippen molar-refractivity contribution < 1.29 is 9.59 Å². The fraction of sp³-hybridized carbons (Fsp3) is 0.550. The van der Waals surface area contributed by atoms with Crippen molar-refractivity contribution in [2.24, 2.45) is 11.8 Å². The molecule has 8 nitrogen and oxygen atoms in total. The number of likely N-dealkylation sites (tertiary alicyclic amines) is 1. The van der Waals surface area contributed by atoms with Crippen molar-refractivity contribution in [2.45, 2.75) is 44.6 Å². The molecule has 0 radical (unpaired) electrons. The monoisotopic (exact) mass is 380 g/mol. The van der Waals surface area contributed by atoms with Crippen LogP contribution >= 0.6 is 0 Å². The van der Waals surface area contributed by atoms with Gasteiger partial charge in [-0.05, 0) is 73.2 Å². The van der Waals surface area contributed by atoms with Crippen LogP contribution in [0, 0.1) is 11.8 Å². The molecule has 1 N–H and O–H groups in total. The minimum atomic E-state index is -0.0369.